The van der Waals surface area contributed by atoms with E-state index in [1.807, 2.05) is 11.3 Å². The topological polar surface area (TPSA) is 24.5 Å². The number of thiophene rings is 1. The summed E-state index contributed by atoms with van der Waals surface area (Å²) in [7, 11) is 0. The lowest BCUT2D eigenvalue weighted by atomic mass is 10.2. The second-order valence-electron chi connectivity index (χ2n) is 4.93. The lowest BCUT2D eigenvalue weighted by Gasteiger charge is -2.26. The molecule has 1 N–H and O–H groups in total. The van der Waals surface area contributed by atoms with Crippen molar-refractivity contribution in [2.24, 2.45) is 0 Å². The highest BCUT2D eigenvalue weighted by Gasteiger charge is 2.10. The first-order valence-electron chi connectivity index (χ1n) is 6.85. The van der Waals surface area contributed by atoms with Crippen LogP contribution in [0.3, 0.4) is 0 Å². The summed E-state index contributed by atoms with van der Waals surface area (Å²) in [5, 5.41) is 3.60. The van der Waals surface area contributed by atoms with Crippen LogP contribution >= 0.6 is 11.3 Å². The van der Waals surface area contributed by atoms with Crippen molar-refractivity contribution in [2.45, 2.75) is 26.3 Å². The molecule has 1 fully saturated rings. The quantitative estimate of drug-likeness (QED) is 0.802. The number of aryl methyl sites for hydroxylation is 1. The molecule has 0 aromatic carbocycles. The summed E-state index contributed by atoms with van der Waals surface area (Å²) in [6.45, 7) is 10.7. The van der Waals surface area contributed by atoms with E-state index >= 15 is 0 Å². The molecule has 2 heterocycles. The summed E-state index contributed by atoms with van der Waals surface area (Å²) in [5.41, 5.74) is 0. The molecule has 0 radical (unpaired) electrons. The fourth-order valence-corrected chi connectivity index (χ4v) is 3.14. The predicted octanol–water partition coefficient (Wildman–Crippen LogP) is 2.43. The van der Waals surface area contributed by atoms with Crippen molar-refractivity contribution in [3.63, 3.8) is 0 Å². The minimum Gasteiger partial charge on any atom is -0.379 e. The summed E-state index contributed by atoms with van der Waals surface area (Å²) < 4.78 is 5.35. The fraction of sp³-hybridized carbons (Fsp3) is 0.714. The molecule has 0 amide bonds. The average molecular weight is 268 g/mol. The van der Waals surface area contributed by atoms with Crippen molar-refractivity contribution in [3.8, 4) is 0 Å². The summed E-state index contributed by atoms with van der Waals surface area (Å²) in [6.07, 6.45) is 1.22. The van der Waals surface area contributed by atoms with Gasteiger partial charge in [-0.3, -0.25) is 4.90 Å². The van der Waals surface area contributed by atoms with Gasteiger partial charge in [0.2, 0.25) is 0 Å². The fourth-order valence-electron chi connectivity index (χ4n) is 2.23. The van der Waals surface area contributed by atoms with Gasteiger partial charge in [-0.15, -0.1) is 11.3 Å². The maximum absolute atomic E-state index is 5.35. The SMILES string of the molecule is Cc1ccc(C(C)NCCCN2CCOCC2)s1. The number of rotatable bonds is 6. The first kappa shape index (κ1) is 14.0. The van der Waals surface area contributed by atoms with Crippen molar-refractivity contribution in [1.82, 2.24) is 10.2 Å². The Kier molecular flexibility index (Phi) is 5.63. The molecule has 3 nitrogen and oxygen atoms in total. The normalized spacial score (nSPS) is 19.0. The van der Waals surface area contributed by atoms with Crippen LogP contribution < -0.4 is 5.32 Å². The number of ether oxygens (including phenoxy) is 1. The molecular formula is C14H24N2OS. The Labute approximate surface area is 114 Å². The van der Waals surface area contributed by atoms with Crippen LogP contribution in [0.15, 0.2) is 12.1 Å². The number of nitrogens with zero attached hydrogens (tertiary/aromatic N) is 1. The van der Waals surface area contributed by atoms with Gasteiger partial charge in [0, 0.05) is 28.9 Å². The van der Waals surface area contributed by atoms with Gasteiger partial charge in [0.1, 0.15) is 0 Å². The standard InChI is InChI=1S/C14H24N2OS/c1-12-4-5-14(18-12)13(2)15-6-3-7-16-8-10-17-11-9-16/h4-5,13,15H,3,6-11H2,1-2H3. The summed E-state index contributed by atoms with van der Waals surface area (Å²) in [5.74, 6) is 0. The molecule has 2 rings (SSSR count). The predicted molar refractivity (Wildman–Crippen MR) is 77.3 cm³/mol. The minimum absolute atomic E-state index is 0.480. The van der Waals surface area contributed by atoms with Gasteiger partial charge in [-0.25, -0.2) is 0 Å². The van der Waals surface area contributed by atoms with E-state index in [4.69, 9.17) is 4.74 Å². The zero-order valence-electron chi connectivity index (χ0n) is 11.4. The Balaban J connectivity index is 1.60. The van der Waals surface area contributed by atoms with E-state index in [0.717, 1.165) is 32.8 Å². The molecule has 0 bridgehead atoms. The molecule has 1 saturated heterocycles. The molecule has 0 aliphatic carbocycles. The van der Waals surface area contributed by atoms with Crippen LogP contribution in [0.25, 0.3) is 0 Å². The lowest BCUT2D eigenvalue weighted by Crippen LogP contribution is -2.37. The van der Waals surface area contributed by atoms with E-state index in [1.165, 1.54) is 22.7 Å². The number of morpholine rings is 1. The lowest BCUT2D eigenvalue weighted by molar-refractivity contribution is 0.0374. The molecule has 18 heavy (non-hydrogen) atoms. The van der Waals surface area contributed by atoms with Gasteiger partial charge in [-0.05, 0) is 45.5 Å². The number of hydrogen-bond acceptors (Lipinski definition) is 4. The molecule has 4 heteroatoms. The number of hydrogen-bond donors (Lipinski definition) is 1. The third-order valence-electron chi connectivity index (χ3n) is 3.39. The molecule has 102 valence electrons. The smallest absolute Gasteiger partial charge is 0.0594 e. The Morgan fingerprint density at radius 3 is 2.83 bits per heavy atom. The summed E-state index contributed by atoms with van der Waals surface area (Å²) >= 11 is 1.89. The zero-order chi connectivity index (χ0) is 12.8. The van der Waals surface area contributed by atoms with Crippen molar-refractivity contribution in [3.05, 3.63) is 21.9 Å². The zero-order valence-corrected chi connectivity index (χ0v) is 12.3. The van der Waals surface area contributed by atoms with E-state index in [2.05, 4.69) is 36.2 Å². The van der Waals surface area contributed by atoms with Crippen LogP contribution in [0.1, 0.15) is 29.1 Å². The first-order chi connectivity index (χ1) is 8.75. The van der Waals surface area contributed by atoms with E-state index in [9.17, 15) is 0 Å². The van der Waals surface area contributed by atoms with Crippen LogP contribution in [0, 0.1) is 6.92 Å². The molecule has 1 atom stereocenters. The molecular weight excluding hydrogens is 244 g/mol. The van der Waals surface area contributed by atoms with Crippen LogP contribution in [0.4, 0.5) is 0 Å². The molecule has 0 saturated carbocycles. The Morgan fingerprint density at radius 2 is 2.17 bits per heavy atom. The van der Waals surface area contributed by atoms with Gasteiger partial charge in [-0.1, -0.05) is 0 Å². The van der Waals surface area contributed by atoms with Crippen LogP contribution in [-0.4, -0.2) is 44.3 Å². The highest BCUT2D eigenvalue weighted by Crippen LogP contribution is 2.21. The molecule has 1 aliphatic heterocycles. The second kappa shape index (κ2) is 7.24. The Hall–Kier alpha value is -0.420. The van der Waals surface area contributed by atoms with Crippen molar-refractivity contribution >= 4 is 11.3 Å². The molecule has 1 aliphatic rings. The van der Waals surface area contributed by atoms with Gasteiger partial charge in [0.25, 0.3) is 0 Å². The molecule has 1 unspecified atom stereocenters. The van der Waals surface area contributed by atoms with Crippen LogP contribution in [-0.2, 0) is 4.74 Å². The van der Waals surface area contributed by atoms with Gasteiger partial charge < -0.3 is 10.1 Å². The first-order valence-corrected chi connectivity index (χ1v) is 7.67. The largest absolute Gasteiger partial charge is 0.379 e. The second-order valence-corrected chi connectivity index (χ2v) is 6.25. The monoisotopic (exact) mass is 268 g/mol. The molecule has 1 aromatic heterocycles. The third-order valence-corrected chi connectivity index (χ3v) is 4.58. The van der Waals surface area contributed by atoms with Crippen molar-refractivity contribution in [1.29, 1.82) is 0 Å². The summed E-state index contributed by atoms with van der Waals surface area (Å²) in [4.78, 5) is 5.33. The van der Waals surface area contributed by atoms with E-state index in [1.54, 1.807) is 0 Å². The minimum atomic E-state index is 0.480. The van der Waals surface area contributed by atoms with E-state index in [-0.39, 0.29) is 0 Å². The van der Waals surface area contributed by atoms with E-state index < -0.39 is 0 Å². The summed E-state index contributed by atoms with van der Waals surface area (Å²) in [6, 6.07) is 4.92. The van der Waals surface area contributed by atoms with E-state index in [0.29, 0.717) is 6.04 Å². The van der Waals surface area contributed by atoms with Gasteiger partial charge in [0.05, 0.1) is 13.2 Å². The van der Waals surface area contributed by atoms with Gasteiger partial charge >= 0.3 is 0 Å². The highest BCUT2D eigenvalue weighted by molar-refractivity contribution is 7.12. The number of nitrogens with one attached hydrogen (secondary N) is 1. The maximum Gasteiger partial charge on any atom is 0.0594 e. The third kappa shape index (κ3) is 4.35. The average Bonchev–Trinajstić information content (AvgIpc) is 2.82. The maximum atomic E-state index is 5.35. The van der Waals surface area contributed by atoms with Crippen LogP contribution in [0.5, 0.6) is 0 Å². The Bertz CT molecular complexity index is 347. The molecule has 0 spiro atoms. The molecule has 1 aromatic rings. The highest BCUT2D eigenvalue weighted by atomic mass is 32.1. The van der Waals surface area contributed by atoms with Crippen LogP contribution in [0.2, 0.25) is 0 Å². The van der Waals surface area contributed by atoms with Gasteiger partial charge in [-0.2, -0.15) is 0 Å². The van der Waals surface area contributed by atoms with Gasteiger partial charge in [0.15, 0.2) is 0 Å². The Morgan fingerprint density at radius 1 is 1.39 bits per heavy atom. The van der Waals surface area contributed by atoms with Crippen molar-refractivity contribution < 1.29 is 4.74 Å². The van der Waals surface area contributed by atoms with Crippen molar-refractivity contribution in [2.75, 3.05) is 39.4 Å².